The van der Waals surface area contributed by atoms with E-state index in [1.165, 1.54) is 107 Å². The molecule has 618 valence electrons. The monoisotopic (exact) mass is 1740 g/mol. The Morgan fingerprint density at radius 3 is 1.59 bits per heavy atom. The molecule has 17 N–H and O–H groups in total. The van der Waals surface area contributed by atoms with E-state index in [-0.39, 0.29) is 122 Å². The molecule has 6 unspecified atom stereocenters. The third-order valence-electron chi connectivity index (χ3n) is 16.8. The molecule has 4 aliphatic rings. The van der Waals surface area contributed by atoms with Gasteiger partial charge in [0.1, 0.15) is 54.4 Å². The van der Waals surface area contributed by atoms with Crippen LogP contribution < -0.4 is 27.1 Å². The fraction of sp³-hybridized carbons (Fsp3) is 0.254. The number of ether oxygens (including phenoxy) is 2. The highest BCUT2D eigenvalue weighted by Gasteiger charge is 2.46. The fourth-order valence-corrected chi connectivity index (χ4v) is 18.0. The lowest BCUT2D eigenvalue weighted by molar-refractivity contribution is -0.385. The van der Waals surface area contributed by atoms with E-state index in [0.29, 0.717) is 27.6 Å². The van der Waals surface area contributed by atoms with Crippen molar-refractivity contribution in [1.29, 1.82) is 0 Å². The van der Waals surface area contributed by atoms with Crippen LogP contribution in [0.2, 0.25) is 0 Å². The number of benzene rings is 5. The normalized spacial score (nSPS) is 19.4. The van der Waals surface area contributed by atoms with Crippen molar-refractivity contribution in [1.82, 2.24) is 44.4 Å². The summed E-state index contributed by atoms with van der Waals surface area (Å²) in [4.78, 5) is 159. The molecule has 7 heterocycles. The lowest BCUT2D eigenvalue weighted by atomic mass is 9.89. The summed E-state index contributed by atoms with van der Waals surface area (Å²) in [6.07, 6.45) is -2.53. The van der Waals surface area contributed by atoms with Gasteiger partial charge in [0, 0.05) is 70.3 Å². The number of nitrogens with one attached hydrogen (secondary N) is 3. The number of nitro benzene ring substituents is 2. The first-order valence-electron chi connectivity index (χ1n) is 33.2. The molecule has 0 saturated carbocycles. The summed E-state index contributed by atoms with van der Waals surface area (Å²) in [5, 5.41) is 74.6. The summed E-state index contributed by atoms with van der Waals surface area (Å²) in [5.74, 6) is 9.33. The summed E-state index contributed by atoms with van der Waals surface area (Å²) < 4.78 is 113. The lowest BCUT2D eigenvalue weighted by Crippen LogP contribution is -2.26. The van der Waals surface area contributed by atoms with Gasteiger partial charge in [-0.2, -0.15) is 17.2 Å². The van der Waals surface area contributed by atoms with Crippen LogP contribution in [-0.2, 0) is 63.2 Å². The zero-order chi connectivity index (χ0) is 85.0. The van der Waals surface area contributed by atoms with Crippen molar-refractivity contribution >= 4 is 115 Å². The van der Waals surface area contributed by atoms with Crippen molar-refractivity contribution in [3.63, 3.8) is 0 Å². The number of aromatic carboxylic acids is 1. The Labute approximate surface area is 653 Å². The number of carbonyl (C=O) groups is 2. The minimum Gasteiger partial charge on any atom is -0.508 e. The average Bonchev–Trinajstić information content (AvgIpc) is 1.67. The van der Waals surface area contributed by atoms with E-state index in [0.717, 1.165) is 6.33 Å². The number of nitro groups is 2. The van der Waals surface area contributed by atoms with Crippen molar-refractivity contribution in [2.24, 2.45) is 5.73 Å². The third-order valence-corrected chi connectivity index (χ3v) is 24.4. The average molecular weight is 1750 g/mol. The Kier molecular flexibility index (Phi) is 26.4. The second-order valence-corrected chi connectivity index (χ2v) is 33.7. The molecule has 8 aromatic rings. The van der Waals surface area contributed by atoms with E-state index >= 15 is 0 Å². The number of carbonyl (C=O) groups excluding carboxylic acids is 1. The van der Waals surface area contributed by atoms with E-state index in [9.17, 15) is 102 Å². The molecule has 48 nitrogen and oxygen atoms in total. The van der Waals surface area contributed by atoms with E-state index in [1.807, 2.05) is 0 Å². The maximum absolute atomic E-state index is 13.4. The van der Waals surface area contributed by atoms with Gasteiger partial charge < -0.3 is 95.1 Å². The molecule has 4 aromatic heterocycles. The molecule has 12 atom stereocenters. The molecule has 3 aliphatic heterocycles. The largest absolute Gasteiger partial charge is 0.508 e. The Morgan fingerprint density at radius 2 is 1.12 bits per heavy atom. The molecule has 4 aromatic carbocycles. The smallest absolute Gasteiger partial charge is 0.490 e. The molecular formula is C63H62N14O34P6. The van der Waals surface area contributed by atoms with Gasteiger partial charge in [0.05, 0.1) is 89.8 Å². The fourth-order valence-electron chi connectivity index (χ4n) is 12.0. The predicted octanol–water partition coefficient (Wildman–Crippen LogP) is 6.17. The van der Waals surface area contributed by atoms with Gasteiger partial charge in [-0.3, -0.25) is 48.0 Å². The van der Waals surface area contributed by atoms with E-state index in [4.69, 9.17) is 39.2 Å². The highest BCUT2D eigenvalue weighted by atomic mass is 31.3. The number of imidazole rings is 2. The zero-order valence-electron chi connectivity index (χ0n) is 59.4. The molecular weight excluding hydrogens is 1680 g/mol. The van der Waals surface area contributed by atoms with Crippen LogP contribution >= 0.6 is 46.9 Å². The van der Waals surface area contributed by atoms with E-state index in [2.05, 4.69) is 95.8 Å². The van der Waals surface area contributed by atoms with Crippen molar-refractivity contribution in [3.05, 3.63) is 180 Å². The summed E-state index contributed by atoms with van der Waals surface area (Å²) in [7, 11) is -33.6. The third kappa shape index (κ3) is 21.9. The first-order chi connectivity index (χ1) is 54.9. The van der Waals surface area contributed by atoms with Crippen molar-refractivity contribution in [3.8, 4) is 51.9 Å². The van der Waals surface area contributed by atoms with Gasteiger partial charge in [-0.25, -0.2) is 62.1 Å². The SMILES string of the molecule is CC(Nc1ncnc2c1ncn2[C@H]1C[C@@H](O)[C@@H](COP(=O)(O)OP(=O)(O)OP(=O)(O)O)O1)c1ccc(C#CCN)cc1[N+](=O)[O-].CC(Nc1ncnc2c1ncn2[C@H]1C[C@@H](O)[C@@H](COP(=O)(O)OP(=O)(O)OP(=O)(O)O)O1)c1ccc(C#CCNC(=O)c2ccc(C(=O)O)c(-c3c4ccc(=O)cc-4oc4cc(O)ccc34)c2)cc1[N+](=O)[O-]. The number of aromatic nitrogens is 8. The van der Waals surface area contributed by atoms with Crippen molar-refractivity contribution < 1.29 is 147 Å². The number of nitrogens with two attached hydrogens (primary N) is 1. The summed E-state index contributed by atoms with van der Waals surface area (Å²) >= 11 is 0. The zero-order valence-corrected chi connectivity index (χ0v) is 64.8. The van der Waals surface area contributed by atoms with Crippen LogP contribution in [0.25, 0.3) is 55.7 Å². The van der Waals surface area contributed by atoms with Crippen LogP contribution in [0.3, 0.4) is 0 Å². The van der Waals surface area contributed by atoms with Crippen LogP contribution in [0.1, 0.15) is 94.2 Å². The number of phosphoric acid groups is 6. The van der Waals surface area contributed by atoms with Crippen LogP contribution in [-0.4, -0.2) is 171 Å². The molecule has 117 heavy (non-hydrogen) atoms. The number of amides is 1. The Hall–Kier alpha value is -10.5. The minimum atomic E-state index is -5.78. The van der Waals surface area contributed by atoms with Gasteiger partial charge in [-0.05, 0) is 86.1 Å². The summed E-state index contributed by atoms with van der Waals surface area (Å²) in [5.41, 5.74) is 7.39. The van der Waals surface area contributed by atoms with Crippen LogP contribution in [0.15, 0.2) is 126 Å². The highest BCUT2D eigenvalue weighted by Crippen LogP contribution is 2.68. The van der Waals surface area contributed by atoms with Gasteiger partial charge in [-0.1, -0.05) is 23.7 Å². The number of phenols is 1. The highest BCUT2D eigenvalue weighted by molar-refractivity contribution is 7.67. The summed E-state index contributed by atoms with van der Waals surface area (Å²) in [6, 6.07) is 19.5. The molecule has 1 aliphatic carbocycles. The molecule has 2 saturated heterocycles. The van der Waals surface area contributed by atoms with E-state index in [1.54, 1.807) is 26.0 Å². The van der Waals surface area contributed by atoms with Crippen molar-refractivity contribution in [2.45, 2.75) is 75.6 Å². The summed E-state index contributed by atoms with van der Waals surface area (Å²) in [6.45, 7) is 1.39. The second-order valence-electron chi connectivity index (χ2n) is 24.9. The van der Waals surface area contributed by atoms with Crippen LogP contribution in [0.4, 0.5) is 23.0 Å². The number of phenolic OH excluding ortho intramolecular Hbond substituents is 1. The number of hydrogen-bond donors (Lipinski definition) is 16. The van der Waals surface area contributed by atoms with Gasteiger partial charge in [-0.15, -0.1) is 0 Å². The number of rotatable bonds is 28. The number of hydrogen-bond acceptors (Lipinski definition) is 34. The van der Waals surface area contributed by atoms with Crippen molar-refractivity contribution in [2.75, 3.05) is 36.9 Å². The number of nitrogens with zero attached hydrogens (tertiary/aromatic N) is 10. The lowest BCUT2D eigenvalue weighted by Gasteiger charge is -2.19. The number of aliphatic hydroxyl groups excluding tert-OH is 2. The molecule has 2 fully saturated rings. The maximum atomic E-state index is 13.4. The maximum Gasteiger partial charge on any atom is 0.490 e. The number of fused-ring (bicyclic) bond motifs is 4. The standard InChI is InChI=1S/C42H36N7O20P3.C21H26N7O14P3/c1-21(47-39-38-40(45-19-44-39)48(20-46-38)36-17-32(52)35(67-36)18-65-71(61,62)69-72(63,64)68-70(58,59)60)26-8-4-22(13-31(26)49(56)57)3-2-12-43-41(53)23-5-9-27(42(54)55)30(14-23)37-28-10-6-24(50)15-33(28)66-34-16-25(51)7-11-29(34)37;1-12(14-5-4-13(3-2-6-22)7-15(14)28(30)31)26-20-19-21(24-10-23-20)27(11-25-19)18-8-16(29)17(40-18)9-39-44(35,36)42-45(37,38)41-43(32,33)34/h4-11,13-16,19-21,32,35-36,50,52H,12,17-18H2,1H3,(H,43,53)(H,54,55)(H,61,62)(H,63,64)(H,44,45,47)(H2,58,59,60);4-5,7,10-12,16-18,29H,6,8-9,22H2,1H3,(H,35,36)(H,37,38)(H,23,24,26)(H2,32,33,34)/t21?,32-,35-,36-;12?,16-,17-,18-/m11/s1. The number of carboxylic acids is 1. The molecule has 0 spiro atoms. The molecule has 0 radical (unpaired) electrons. The first-order valence-corrected chi connectivity index (χ1v) is 42.2. The van der Waals surface area contributed by atoms with Gasteiger partial charge in [0.2, 0.25) is 0 Å². The Balaban J connectivity index is 0.000000256. The number of aliphatic hydroxyl groups is 2. The number of phosphoric ester groups is 2. The van der Waals surface area contributed by atoms with Gasteiger partial charge in [0.25, 0.3) is 17.3 Å². The van der Waals surface area contributed by atoms with E-state index < -0.39 is 131 Å². The van der Waals surface area contributed by atoms with Crippen LogP contribution in [0.5, 0.6) is 5.75 Å². The molecule has 1 amide bonds. The van der Waals surface area contributed by atoms with Gasteiger partial charge in [0.15, 0.2) is 39.4 Å². The number of carboxylic acid groups (broad SMARTS) is 1. The predicted molar refractivity (Wildman–Crippen MR) is 398 cm³/mol. The first kappa shape index (κ1) is 87.4. The molecule has 12 rings (SSSR count). The second kappa shape index (κ2) is 35.4. The molecule has 54 heteroatoms. The van der Waals surface area contributed by atoms with Gasteiger partial charge >= 0.3 is 52.9 Å². The minimum absolute atomic E-state index is 0.0558. The topological polar surface area (TPSA) is 719 Å². The Bertz CT molecular complexity index is 6040. The number of aromatic hydroxyl groups is 1. The Morgan fingerprint density at radius 1 is 0.624 bits per heavy atom. The van der Waals surface area contributed by atoms with Crippen LogP contribution in [0, 0.1) is 43.9 Å². The number of anilines is 2. The molecule has 0 bridgehead atoms. The quantitative estimate of drug-likeness (QED) is 0.00856.